The Bertz CT molecular complexity index is 748. The maximum atomic E-state index is 13.2. The molecule has 0 saturated heterocycles. The molecular formula is C30H46FN. The van der Waals surface area contributed by atoms with Crippen LogP contribution in [0, 0.1) is 22.6 Å². The summed E-state index contributed by atoms with van der Waals surface area (Å²) in [6.07, 6.45) is 11.3. The molecule has 2 heteroatoms. The Hall–Kier alpha value is -1.83. The molecule has 0 amide bonds. The van der Waals surface area contributed by atoms with E-state index in [9.17, 15) is 4.39 Å². The molecule has 1 nitrogen and oxygen atoms in total. The second-order valence-electron chi connectivity index (χ2n) is 11.2. The molecule has 2 aromatic carbocycles. The molecule has 2 aromatic rings. The Morgan fingerprint density at radius 3 is 2.06 bits per heavy atom. The summed E-state index contributed by atoms with van der Waals surface area (Å²) in [5, 5.41) is 3.56. The van der Waals surface area contributed by atoms with E-state index in [2.05, 4.69) is 70.3 Å². The fourth-order valence-corrected chi connectivity index (χ4v) is 4.50. The fourth-order valence-electron chi connectivity index (χ4n) is 4.50. The predicted molar refractivity (Wildman–Crippen MR) is 139 cm³/mol. The highest BCUT2D eigenvalue weighted by Gasteiger charge is 2.19. The van der Waals surface area contributed by atoms with Crippen LogP contribution >= 0.6 is 0 Å². The monoisotopic (exact) mass is 439 g/mol. The van der Waals surface area contributed by atoms with Crippen molar-refractivity contribution in [3.8, 4) is 0 Å². The summed E-state index contributed by atoms with van der Waals surface area (Å²) in [5.41, 5.74) is 3.25. The molecule has 1 unspecified atom stereocenters. The van der Waals surface area contributed by atoms with Crippen LogP contribution in [0.25, 0.3) is 0 Å². The topological polar surface area (TPSA) is 12.0 Å². The Labute approximate surface area is 197 Å². The molecule has 0 bridgehead atoms. The van der Waals surface area contributed by atoms with E-state index >= 15 is 0 Å². The first-order chi connectivity index (χ1) is 15.2. The van der Waals surface area contributed by atoms with Crippen LogP contribution in [-0.4, -0.2) is 6.54 Å². The van der Waals surface area contributed by atoms with Gasteiger partial charge in [-0.25, -0.2) is 4.39 Å². The third kappa shape index (κ3) is 10.7. The average Bonchev–Trinajstić information content (AvgIpc) is 2.76. The summed E-state index contributed by atoms with van der Waals surface area (Å²) in [6.45, 7) is 12.8. The van der Waals surface area contributed by atoms with Gasteiger partial charge < -0.3 is 5.32 Å². The largest absolute Gasteiger partial charge is 0.385 e. The standard InChI is InChI=1S/C30H46FN/c1-6-29(2,3)22-12-16-26(24-32-28-19-17-27(31)18-20-28)15-10-11-21-30(4,5)23-25-13-8-7-9-14-25/h7-9,13-14,17-20,26,32H,6,10-12,15-16,21-24H2,1-5H3. The Balaban J connectivity index is 1.80. The number of rotatable bonds is 15. The highest BCUT2D eigenvalue weighted by Crippen LogP contribution is 2.31. The quantitative estimate of drug-likeness (QED) is 0.273. The number of benzene rings is 2. The Morgan fingerprint density at radius 2 is 1.41 bits per heavy atom. The third-order valence-electron chi connectivity index (χ3n) is 7.10. The lowest BCUT2D eigenvalue weighted by molar-refractivity contribution is 0.287. The zero-order valence-corrected chi connectivity index (χ0v) is 21.2. The minimum Gasteiger partial charge on any atom is -0.385 e. The van der Waals surface area contributed by atoms with Crippen LogP contribution in [0.3, 0.4) is 0 Å². The molecule has 0 saturated carbocycles. The van der Waals surface area contributed by atoms with Crippen molar-refractivity contribution in [2.24, 2.45) is 16.7 Å². The molecule has 1 N–H and O–H groups in total. The van der Waals surface area contributed by atoms with Crippen LogP contribution in [0.4, 0.5) is 10.1 Å². The molecular weight excluding hydrogens is 393 g/mol. The lowest BCUT2D eigenvalue weighted by Gasteiger charge is -2.26. The van der Waals surface area contributed by atoms with Crippen LogP contribution < -0.4 is 5.32 Å². The first-order valence-corrected chi connectivity index (χ1v) is 12.7. The van der Waals surface area contributed by atoms with E-state index in [-0.39, 0.29) is 5.82 Å². The van der Waals surface area contributed by atoms with Gasteiger partial charge in [0.2, 0.25) is 0 Å². The van der Waals surface area contributed by atoms with E-state index in [1.807, 2.05) is 12.1 Å². The number of hydrogen-bond donors (Lipinski definition) is 1. The average molecular weight is 440 g/mol. The second-order valence-corrected chi connectivity index (χ2v) is 11.2. The summed E-state index contributed by atoms with van der Waals surface area (Å²) in [5.74, 6) is 0.497. The van der Waals surface area contributed by atoms with Gasteiger partial charge in [-0.2, -0.15) is 0 Å². The number of unbranched alkanes of at least 4 members (excludes halogenated alkanes) is 1. The summed E-state index contributed by atoms with van der Waals surface area (Å²) < 4.78 is 13.2. The van der Waals surface area contributed by atoms with Gasteiger partial charge in [0.25, 0.3) is 0 Å². The molecule has 0 aliphatic heterocycles. The molecule has 2 rings (SSSR count). The van der Waals surface area contributed by atoms with Crippen LogP contribution in [0.15, 0.2) is 54.6 Å². The third-order valence-corrected chi connectivity index (χ3v) is 7.10. The number of nitrogens with one attached hydrogen (secondary N) is 1. The van der Waals surface area contributed by atoms with Crippen molar-refractivity contribution in [1.82, 2.24) is 0 Å². The van der Waals surface area contributed by atoms with Crippen LogP contribution in [0.5, 0.6) is 0 Å². The van der Waals surface area contributed by atoms with E-state index in [1.54, 1.807) is 0 Å². The van der Waals surface area contributed by atoms with Crippen molar-refractivity contribution in [3.63, 3.8) is 0 Å². The van der Waals surface area contributed by atoms with Crippen molar-refractivity contribution >= 4 is 5.69 Å². The molecule has 0 spiro atoms. The van der Waals surface area contributed by atoms with Crippen LogP contribution in [0.2, 0.25) is 0 Å². The predicted octanol–water partition coefficient (Wildman–Crippen LogP) is 9.29. The highest BCUT2D eigenvalue weighted by atomic mass is 19.1. The molecule has 0 heterocycles. The van der Waals surface area contributed by atoms with Gasteiger partial charge >= 0.3 is 0 Å². The lowest BCUT2D eigenvalue weighted by atomic mass is 9.80. The molecule has 0 radical (unpaired) electrons. The number of hydrogen-bond acceptors (Lipinski definition) is 1. The summed E-state index contributed by atoms with van der Waals surface area (Å²) in [7, 11) is 0. The first kappa shape index (κ1) is 26.4. The maximum absolute atomic E-state index is 13.2. The van der Waals surface area contributed by atoms with Gasteiger partial charge in [0.1, 0.15) is 5.82 Å². The van der Waals surface area contributed by atoms with E-state index in [0.29, 0.717) is 16.7 Å². The molecule has 0 aliphatic carbocycles. The molecule has 0 aromatic heterocycles. The minimum absolute atomic E-state index is 0.174. The van der Waals surface area contributed by atoms with Crippen molar-refractivity contribution in [1.29, 1.82) is 0 Å². The zero-order valence-electron chi connectivity index (χ0n) is 21.2. The number of halogens is 1. The van der Waals surface area contributed by atoms with Crippen molar-refractivity contribution in [2.75, 3.05) is 11.9 Å². The summed E-state index contributed by atoms with van der Waals surface area (Å²) >= 11 is 0. The normalized spacial score (nSPS) is 13.2. The molecule has 0 fully saturated rings. The maximum Gasteiger partial charge on any atom is 0.123 e. The van der Waals surface area contributed by atoms with Crippen molar-refractivity contribution in [3.05, 3.63) is 66.0 Å². The SMILES string of the molecule is CCC(C)(C)CCCC(CCCCC(C)(C)Cc1ccccc1)CNc1ccc(F)cc1. The smallest absolute Gasteiger partial charge is 0.123 e. The van der Waals surface area contributed by atoms with E-state index < -0.39 is 0 Å². The molecule has 32 heavy (non-hydrogen) atoms. The zero-order chi connectivity index (χ0) is 23.5. The minimum atomic E-state index is -0.174. The highest BCUT2D eigenvalue weighted by molar-refractivity contribution is 5.42. The van der Waals surface area contributed by atoms with Crippen LogP contribution in [-0.2, 0) is 6.42 Å². The van der Waals surface area contributed by atoms with Gasteiger partial charge in [0.15, 0.2) is 0 Å². The van der Waals surface area contributed by atoms with Crippen molar-refractivity contribution < 1.29 is 4.39 Å². The summed E-state index contributed by atoms with van der Waals surface area (Å²) in [4.78, 5) is 0. The first-order valence-electron chi connectivity index (χ1n) is 12.7. The van der Waals surface area contributed by atoms with Gasteiger partial charge in [-0.05, 0) is 78.7 Å². The lowest BCUT2D eigenvalue weighted by Crippen LogP contribution is -2.17. The van der Waals surface area contributed by atoms with E-state index in [4.69, 9.17) is 0 Å². The van der Waals surface area contributed by atoms with Gasteiger partial charge in [-0.15, -0.1) is 0 Å². The second kappa shape index (κ2) is 13.0. The van der Waals surface area contributed by atoms with Gasteiger partial charge in [-0.1, -0.05) is 90.6 Å². The van der Waals surface area contributed by atoms with Gasteiger partial charge in [0.05, 0.1) is 0 Å². The molecule has 178 valence electrons. The van der Waals surface area contributed by atoms with E-state index in [1.165, 1.54) is 69.1 Å². The Kier molecular flexibility index (Phi) is 10.7. The Morgan fingerprint density at radius 1 is 0.781 bits per heavy atom. The van der Waals surface area contributed by atoms with Gasteiger partial charge in [0, 0.05) is 12.2 Å². The van der Waals surface area contributed by atoms with Crippen LogP contribution in [0.1, 0.15) is 91.5 Å². The van der Waals surface area contributed by atoms with Gasteiger partial charge in [-0.3, -0.25) is 0 Å². The molecule has 0 aliphatic rings. The molecule has 1 atom stereocenters. The van der Waals surface area contributed by atoms with E-state index in [0.717, 1.165) is 18.7 Å². The summed E-state index contributed by atoms with van der Waals surface area (Å²) in [6, 6.07) is 17.6. The van der Waals surface area contributed by atoms with Crippen molar-refractivity contribution in [2.45, 2.75) is 92.4 Å². The number of anilines is 1. The fraction of sp³-hybridized carbons (Fsp3) is 0.600.